The lowest BCUT2D eigenvalue weighted by Gasteiger charge is -2.04. The van der Waals surface area contributed by atoms with Crippen molar-refractivity contribution in [2.24, 2.45) is 0 Å². The molecule has 1 heterocycles. The van der Waals surface area contributed by atoms with Crippen LogP contribution in [0.5, 0.6) is 5.75 Å². The van der Waals surface area contributed by atoms with E-state index in [4.69, 9.17) is 10.5 Å². The summed E-state index contributed by atoms with van der Waals surface area (Å²) in [5.74, 6) is 1.48. The molecule has 0 saturated heterocycles. The molecule has 5 heteroatoms. The van der Waals surface area contributed by atoms with Gasteiger partial charge < -0.3 is 10.5 Å². The molecule has 17 heavy (non-hydrogen) atoms. The Morgan fingerprint density at radius 1 is 1.41 bits per heavy atom. The van der Waals surface area contributed by atoms with Gasteiger partial charge in [0.2, 0.25) is 0 Å². The van der Waals surface area contributed by atoms with Crippen LogP contribution < -0.4 is 10.5 Å². The summed E-state index contributed by atoms with van der Waals surface area (Å²) in [7, 11) is 0. The highest BCUT2D eigenvalue weighted by Crippen LogP contribution is 2.19. The molecule has 0 aliphatic carbocycles. The molecule has 2 aromatic rings. The summed E-state index contributed by atoms with van der Waals surface area (Å²) >= 11 is 3.40. The second-order valence-corrected chi connectivity index (χ2v) is 4.54. The first-order valence-electron chi connectivity index (χ1n) is 5.39. The molecule has 0 saturated carbocycles. The molecule has 2 rings (SSSR count). The number of nitrogens with zero attached hydrogens (tertiary/aromatic N) is 2. The minimum absolute atomic E-state index is 0.424. The molecule has 0 bridgehead atoms. The summed E-state index contributed by atoms with van der Waals surface area (Å²) in [6.45, 7) is 3.19. The summed E-state index contributed by atoms with van der Waals surface area (Å²) in [6, 6.07) is 9.54. The van der Waals surface area contributed by atoms with E-state index >= 15 is 0 Å². The van der Waals surface area contributed by atoms with E-state index in [1.165, 1.54) is 0 Å². The molecule has 0 spiro atoms. The lowest BCUT2D eigenvalue weighted by molar-refractivity contribution is 0.299. The SMILES string of the molecule is CCn1nc(COc2cccc(Br)c2)cc1N. The third kappa shape index (κ3) is 3.00. The third-order valence-corrected chi connectivity index (χ3v) is 2.84. The van der Waals surface area contributed by atoms with Gasteiger partial charge in [-0.25, -0.2) is 0 Å². The lowest BCUT2D eigenvalue weighted by Crippen LogP contribution is -2.02. The zero-order valence-corrected chi connectivity index (χ0v) is 11.1. The number of halogens is 1. The van der Waals surface area contributed by atoms with Crippen molar-refractivity contribution in [3.8, 4) is 5.75 Å². The largest absolute Gasteiger partial charge is 0.487 e. The Labute approximate surface area is 109 Å². The van der Waals surface area contributed by atoms with Crippen LogP contribution in [0, 0.1) is 0 Å². The van der Waals surface area contributed by atoms with Gasteiger partial charge in [0.05, 0.1) is 0 Å². The first-order chi connectivity index (χ1) is 8.19. The molecule has 4 nitrogen and oxygen atoms in total. The van der Waals surface area contributed by atoms with Crippen molar-refractivity contribution in [3.63, 3.8) is 0 Å². The van der Waals surface area contributed by atoms with Crippen LogP contribution >= 0.6 is 15.9 Å². The Balaban J connectivity index is 2.02. The van der Waals surface area contributed by atoms with Crippen LogP contribution in [-0.4, -0.2) is 9.78 Å². The zero-order valence-electron chi connectivity index (χ0n) is 9.56. The molecule has 90 valence electrons. The predicted octanol–water partition coefficient (Wildman–Crippen LogP) is 2.83. The summed E-state index contributed by atoms with van der Waals surface area (Å²) in [6.07, 6.45) is 0. The van der Waals surface area contributed by atoms with E-state index in [-0.39, 0.29) is 0 Å². The van der Waals surface area contributed by atoms with Gasteiger partial charge in [-0.1, -0.05) is 22.0 Å². The van der Waals surface area contributed by atoms with E-state index in [1.807, 2.05) is 37.3 Å². The second-order valence-electron chi connectivity index (χ2n) is 3.62. The molecule has 0 unspecified atom stereocenters. The number of hydrogen-bond donors (Lipinski definition) is 1. The van der Waals surface area contributed by atoms with Crippen molar-refractivity contribution >= 4 is 21.7 Å². The molecule has 1 aromatic heterocycles. The summed E-state index contributed by atoms with van der Waals surface area (Å²) < 4.78 is 8.37. The van der Waals surface area contributed by atoms with E-state index in [0.717, 1.165) is 22.5 Å². The van der Waals surface area contributed by atoms with E-state index in [1.54, 1.807) is 4.68 Å². The van der Waals surface area contributed by atoms with Crippen LogP contribution in [0.4, 0.5) is 5.82 Å². The van der Waals surface area contributed by atoms with Crippen LogP contribution in [-0.2, 0) is 13.2 Å². The molecule has 0 fully saturated rings. The fourth-order valence-electron chi connectivity index (χ4n) is 1.52. The Hall–Kier alpha value is -1.49. The quantitative estimate of drug-likeness (QED) is 0.944. The van der Waals surface area contributed by atoms with Gasteiger partial charge in [0.1, 0.15) is 23.9 Å². The molecular formula is C12H14BrN3O. The van der Waals surface area contributed by atoms with Gasteiger partial charge in [-0.05, 0) is 25.1 Å². The van der Waals surface area contributed by atoms with Gasteiger partial charge in [0.25, 0.3) is 0 Å². The Kier molecular flexibility index (Phi) is 3.68. The standard InChI is InChI=1S/C12H14BrN3O/c1-2-16-12(14)7-10(15-16)8-17-11-5-3-4-9(13)6-11/h3-7H,2,8,14H2,1H3. The normalized spacial score (nSPS) is 10.5. The number of ether oxygens (including phenoxy) is 1. The number of rotatable bonds is 4. The first-order valence-corrected chi connectivity index (χ1v) is 6.19. The van der Waals surface area contributed by atoms with Crippen molar-refractivity contribution in [2.45, 2.75) is 20.1 Å². The van der Waals surface area contributed by atoms with Gasteiger partial charge in [-0.3, -0.25) is 4.68 Å². The Bertz CT molecular complexity index is 510. The van der Waals surface area contributed by atoms with Crippen molar-refractivity contribution in [1.29, 1.82) is 0 Å². The average Bonchev–Trinajstić information content (AvgIpc) is 2.67. The van der Waals surface area contributed by atoms with Crippen molar-refractivity contribution < 1.29 is 4.74 Å². The molecule has 0 atom stereocenters. The van der Waals surface area contributed by atoms with Crippen LogP contribution in [0.3, 0.4) is 0 Å². The van der Waals surface area contributed by atoms with Gasteiger partial charge in [0, 0.05) is 17.1 Å². The fourth-order valence-corrected chi connectivity index (χ4v) is 1.90. The van der Waals surface area contributed by atoms with E-state index in [2.05, 4.69) is 21.0 Å². The number of aryl methyl sites for hydroxylation is 1. The predicted molar refractivity (Wildman–Crippen MR) is 70.8 cm³/mol. The maximum absolute atomic E-state index is 5.78. The molecule has 0 radical (unpaired) electrons. The number of hydrogen-bond acceptors (Lipinski definition) is 3. The molecule has 0 aliphatic heterocycles. The fraction of sp³-hybridized carbons (Fsp3) is 0.250. The topological polar surface area (TPSA) is 53.1 Å². The smallest absolute Gasteiger partial charge is 0.132 e. The number of benzene rings is 1. The van der Waals surface area contributed by atoms with Crippen LogP contribution in [0.15, 0.2) is 34.8 Å². The highest BCUT2D eigenvalue weighted by molar-refractivity contribution is 9.10. The van der Waals surface area contributed by atoms with Crippen LogP contribution in [0.2, 0.25) is 0 Å². The van der Waals surface area contributed by atoms with Gasteiger partial charge in [-0.2, -0.15) is 5.10 Å². The van der Waals surface area contributed by atoms with Crippen molar-refractivity contribution in [2.75, 3.05) is 5.73 Å². The van der Waals surface area contributed by atoms with Crippen molar-refractivity contribution in [1.82, 2.24) is 9.78 Å². The molecule has 2 N–H and O–H groups in total. The van der Waals surface area contributed by atoms with Gasteiger partial charge in [-0.15, -0.1) is 0 Å². The minimum Gasteiger partial charge on any atom is -0.487 e. The summed E-state index contributed by atoms with van der Waals surface area (Å²) in [5.41, 5.74) is 6.62. The monoisotopic (exact) mass is 295 g/mol. The molecule has 0 amide bonds. The third-order valence-electron chi connectivity index (χ3n) is 2.34. The number of anilines is 1. The summed E-state index contributed by atoms with van der Waals surface area (Å²) in [5, 5.41) is 4.32. The highest BCUT2D eigenvalue weighted by atomic mass is 79.9. The molecule has 1 aromatic carbocycles. The first kappa shape index (κ1) is 12.0. The average molecular weight is 296 g/mol. The maximum atomic E-state index is 5.78. The van der Waals surface area contributed by atoms with E-state index in [9.17, 15) is 0 Å². The van der Waals surface area contributed by atoms with Crippen LogP contribution in [0.25, 0.3) is 0 Å². The van der Waals surface area contributed by atoms with Gasteiger partial charge >= 0.3 is 0 Å². The van der Waals surface area contributed by atoms with E-state index in [0.29, 0.717) is 12.4 Å². The minimum atomic E-state index is 0.424. The van der Waals surface area contributed by atoms with Crippen LogP contribution in [0.1, 0.15) is 12.6 Å². The summed E-state index contributed by atoms with van der Waals surface area (Å²) in [4.78, 5) is 0. The van der Waals surface area contributed by atoms with E-state index < -0.39 is 0 Å². The second kappa shape index (κ2) is 5.23. The maximum Gasteiger partial charge on any atom is 0.132 e. The zero-order chi connectivity index (χ0) is 12.3. The lowest BCUT2D eigenvalue weighted by atomic mass is 10.3. The Morgan fingerprint density at radius 2 is 2.24 bits per heavy atom. The molecular weight excluding hydrogens is 282 g/mol. The van der Waals surface area contributed by atoms with Crippen molar-refractivity contribution in [3.05, 3.63) is 40.5 Å². The highest BCUT2D eigenvalue weighted by Gasteiger charge is 2.04. The Morgan fingerprint density at radius 3 is 2.88 bits per heavy atom. The number of nitrogens with two attached hydrogens (primary N) is 1. The van der Waals surface area contributed by atoms with Gasteiger partial charge in [0.15, 0.2) is 0 Å². The molecule has 0 aliphatic rings. The number of aromatic nitrogens is 2. The number of nitrogen functional groups attached to an aromatic ring is 1.